The molecular weight excluding hydrogens is 384 g/mol. The lowest BCUT2D eigenvalue weighted by molar-refractivity contribution is 0.0955. The molecule has 0 saturated carbocycles. The van der Waals surface area contributed by atoms with Crippen molar-refractivity contribution in [1.82, 2.24) is 15.4 Å². The van der Waals surface area contributed by atoms with Crippen LogP contribution in [0.1, 0.15) is 32.9 Å². The number of hydrazone groups is 1. The van der Waals surface area contributed by atoms with Gasteiger partial charge in [-0.3, -0.25) is 4.79 Å². The summed E-state index contributed by atoms with van der Waals surface area (Å²) >= 11 is 1.57. The minimum atomic E-state index is -0.263. The van der Waals surface area contributed by atoms with Gasteiger partial charge in [0.15, 0.2) is 5.16 Å². The van der Waals surface area contributed by atoms with Gasteiger partial charge >= 0.3 is 0 Å². The van der Waals surface area contributed by atoms with Crippen molar-refractivity contribution in [3.8, 4) is 5.75 Å². The van der Waals surface area contributed by atoms with Crippen molar-refractivity contribution in [2.75, 3.05) is 7.11 Å². The highest BCUT2D eigenvalue weighted by molar-refractivity contribution is 7.98. The van der Waals surface area contributed by atoms with Crippen molar-refractivity contribution < 1.29 is 9.53 Å². The molecule has 0 aliphatic rings. The largest absolute Gasteiger partial charge is 0.497 e. The molecule has 3 rings (SSSR count). The molecule has 1 amide bonds. The van der Waals surface area contributed by atoms with Crippen LogP contribution in [0.3, 0.4) is 0 Å². The van der Waals surface area contributed by atoms with Crippen LogP contribution in [0.15, 0.2) is 64.9 Å². The van der Waals surface area contributed by atoms with E-state index in [9.17, 15) is 4.79 Å². The van der Waals surface area contributed by atoms with Crippen molar-refractivity contribution in [3.05, 3.63) is 82.7 Å². The van der Waals surface area contributed by atoms with E-state index in [1.54, 1.807) is 37.2 Å². The molecule has 7 heteroatoms. The number of hydrogen-bond acceptors (Lipinski definition) is 6. The molecule has 29 heavy (non-hydrogen) atoms. The lowest BCUT2D eigenvalue weighted by Gasteiger charge is -2.05. The SMILES string of the molecule is COc1cccc(/C=N\NC(=O)c2ccc(CSc3nc(C)cc(C)n3)cc2)c1. The van der Waals surface area contributed by atoms with E-state index >= 15 is 0 Å². The first kappa shape index (κ1) is 20.5. The number of hydrogen-bond donors (Lipinski definition) is 1. The highest BCUT2D eigenvalue weighted by Crippen LogP contribution is 2.20. The third-order valence-corrected chi connectivity index (χ3v) is 4.94. The number of nitrogens with zero attached hydrogens (tertiary/aromatic N) is 3. The highest BCUT2D eigenvalue weighted by atomic mass is 32.2. The number of methoxy groups -OCH3 is 1. The Balaban J connectivity index is 1.54. The highest BCUT2D eigenvalue weighted by Gasteiger charge is 2.06. The number of nitrogens with one attached hydrogen (secondary N) is 1. The summed E-state index contributed by atoms with van der Waals surface area (Å²) < 4.78 is 5.16. The van der Waals surface area contributed by atoms with Gasteiger partial charge in [-0.15, -0.1) is 0 Å². The maximum atomic E-state index is 12.2. The van der Waals surface area contributed by atoms with E-state index in [1.807, 2.05) is 56.3 Å². The lowest BCUT2D eigenvalue weighted by atomic mass is 10.1. The van der Waals surface area contributed by atoms with Crippen LogP contribution in [-0.4, -0.2) is 29.2 Å². The molecule has 0 saturated heterocycles. The van der Waals surface area contributed by atoms with E-state index in [4.69, 9.17) is 4.74 Å². The zero-order valence-electron chi connectivity index (χ0n) is 16.5. The molecule has 148 valence electrons. The van der Waals surface area contributed by atoms with Gasteiger partial charge in [-0.05, 0) is 55.3 Å². The number of aromatic nitrogens is 2. The molecular formula is C22H22N4O2S. The maximum absolute atomic E-state index is 12.2. The van der Waals surface area contributed by atoms with Gasteiger partial charge in [0.2, 0.25) is 0 Å². The van der Waals surface area contributed by atoms with Crippen molar-refractivity contribution in [2.45, 2.75) is 24.8 Å². The van der Waals surface area contributed by atoms with Crippen molar-refractivity contribution in [1.29, 1.82) is 0 Å². The number of ether oxygens (including phenoxy) is 1. The number of amides is 1. The summed E-state index contributed by atoms with van der Waals surface area (Å²) in [6.07, 6.45) is 1.58. The minimum Gasteiger partial charge on any atom is -0.497 e. The maximum Gasteiger partial charge on any atom is 0.271 e. The van der Waals surface area contributed by atoms with Gasteiger partial charge in [-0.1, -0.05) is 36.0 Å². The Hall–Kier alpha value is -3.19. The summed E-state index contributed by atoms with van der Waals surface area (Å²) in [5.74, 6) is 1.21. The van der Waals surface area contributed by atoms with Crippen molar-refractivity contribution in [2.24, 2.45) is 5.10 Å². The van der Waals surface area contributed by atoms with Crippen LogP contribution in [0.5, 0.6) is 5.75 Å². The average Bonchev–Trinajstić information content (AvgIpc) is 2.72. The van der Waals surface area contributed by atoms with Gasteiger partial charge in [0.05, 0.1) is 13.3 Å². The van der Waals surface area contributed by atoms with E-state index in [1.165, 1.54) is 0 Å². The van der Waals surface area contributed by atoms with Gasteiger partial charge < -0.3 is 4.74 Å². The first-order chi connectivity index (χ1) is 14.0. The van der Waals surface area contributed by atoms with Crippen LogP contribution in [-0.2, 0) is 5.75 Å². The molecule has 6 nitrogen and oxygen atoms in total. The number of carbonyl (C=O) groups is 1. The fourth-order valence-electron chi connectivity index (χ4n) is 2.61. The molecule has 0 bridgehead atoms. The van der Waals surface area contributed by atoms with Crippen molar-refractivity contribution in [3.63, 3.8) is 0 Å². The molecule has 2 aromatic carbocycles. The number of benzene rings is 2. The van der Waals surface area contributed by atoms with Crippen LogP contribution in [0, 0.1) is 13.8 Å². The van der Waals surface area contributed by atoms with Gasteiger partial charge in [0, 0.05) is 22.7 Å². The minimum absolute atomic E-state index is 0.263. The number of carbonyl (C=O) groups excluding carboxylic acids is 1. The average molecular weight is 407 g/mol. The van der Waals surface area contributed by atoms with Crippen molar-refractivity contribution >= 4 is 23.9 Å². The third-order valence-electron chi connectivity index (χ3n) is 4.02. The van der Waals surface area contributed by atoms with Gasteiger partial charge in [-0.25, -0.2) is 15.4 Å². The molecule has 0 aliphatic carbocycles. The number of thioether (sulfide) groups is 1. The Bertz CT molecular complexity index is 999. The predicted molar refractivity (Wildman–Crippen MR) is 116 cm³/mol. The Morgan fingerprint density at radius 2 is 1.83 bits per heavy atom. The third kappa shape index (κ3) is 6.15. The van der Waals surface area contributed by atoms with Crippen LogP contribution in [0.25, 0.3) is 0 Å². The monoisotopic (exact) mass is 406 g/mol. The van der Waals surface area contributed by atoms with Gasteiger partial charge in [0.1, 0.15) is 5.75 Å². The van der Waals surface area contributed by atoms with E-state index in [2.05, 4.69) is 20.5 Å². The Morgan fingerprint density at radius 1 is 1.10 bits per heavy atom. The lowest BCUT2D eigenvalue weighted by Crippen LogP contribution is -2.17. The fourth-order valence-corrected chi connectivity index (χ4v) is 3.52. The molecule has 0 aliphatic heterocycles. The van der Waals surface area contributed by atoms with E-state index in [0.29, 0.717) is 5.56 Å². The quantitative estimate of drug-likeness (QED) is 0.276. The molecule has 1 aromatic heterocycles. The standard InChI is InChI=1S/C22H22N4O2S/c1-15-11-16(2)25-22(24-15)29-14-17-7-9-19(10-8-17)21(27)26-23-13-18-5-4-6-20(12-18)28-3/h4-13H,14H2,1-3H3,(H,26,27)/b23-13-. The second-order valence-electron chi connectivity index (χ2n) is 6.39. The summed E-state index contributed by atoms with van der Waals surface area (Å²) in [5, 5.41) is 4.77. The first-order valence-corrected chi connectivity index (χ1v) is 10.0. The summed E-state index contributed by atoms with van der Waals surface area (Å²) in [7, 11) is 1.61. The summed E-state index contributed by atoms with van der Waals surface area (Å²) in [4.78, 5) is 21.1. The first-order valence-electron chi connectivity index (χ1n) is 9.05. The normalized spacial score (nSPS) is 10.9. The molecule has 1 N–H and O–H groups in total. The number of aryl methyl sites for hydroxylation is 2. The Kier molecular flexibility index (Phi) is 6.97. The summed E-state index contributed by atoms with van der Waals surface area (Å²) in [6.45, 7) is 3.92. The van der Waals surface area contributed by atoms with Gasteiger partial charge in [-0.2, -0.15) is 5.10 Å². The van der Waals surface area contributed by atoms with E-state index in [-0.39, 0.29) is 5.91 Å². The smallest absolute Gasteiger partial charge is 0.271 e. The molecule has 3 aromatic rings. The topological polar surface area (TPSA) is 76.5 Å². The zero-order valence-corrected chi connectivity index (χ0v) is 17.4. The van der Waals surface area contributed by atoms with Crippen LogP contribution in [0.2, 0.25) is 0 Å². The summed E-state index contributed by atoms with van der Waals surface area (Å²) in [5.41, 5.74) is 6.93. The fraction of sp³-hybridized carbons (Fsp3) is 0.182. The molecule has 0 spiro atoms. The molecule has 0 atom stereocenters. The second-order valence-corrected chi connectivity index (χ2v) is 7.34. The van der Waals surface area contributed by atoms with E-state index < -0.39 is 0 Å². The van der Waals surface area contributed by atoms with Crippen LogP contribution in [0.4, 0.5) is 0 Å². The second kappa shape index (κ2) is 9.84. The Morgan fingerprint density at radius 3 is 2.52 bits per heavy atom. The van der Waals surface area contributed by atoms with Crippen LogP contribution < -0.4 is 10.2 Å². The molecule has 0 radical (unpaired) electrons. The van der Waals surface area contributed by atoms with Gasteiger partial charge in [0.25, 0.3) is 5.91 Å². The molecule has 0 fully saturated rings. The predicted octanol–water partition coefficient (Wildman–Crippen LogP) is 4.16. The summed E-state index contributed by atoms with van der Waals surface area (Å²) in [6, 6.07) is 16.8. The zero-order chi connectivity index (χ0) is 20.6. The van der Waals surface area contributed by atoms with E-state index in [0.717, 1.165) is 39.2 Å². The molecule has 0 unspecified atom stereocenters. The Labute approximate surface area is 174 Å². The number of rotatable bonds is 7. The molecule has 1 heterocycles. The van der Waals surface area contributed by atoms with Crippen LogP contribution >= 0.6 is 11.8 Å².